The number of nitriles is 1. The Morgan fingerprint density at radius 3 is 2.65 bits per heavy atom. The number of para-hydroxylation sites is 1. The summed E-state index contributed by atoms with van der Waals surface area (Å²) >= 11 is 0. The van der Waals surface area contributed by atoms with Gasteiger partial charge in [0.25, 0.3) is 5.56 Å². The van der Waals surface area contributed by atoms with Crippen molar-refractivity contribution in [2.75, 3.05) is 0 Å². The molecule has 0 aliphatic heterocycles. The third kappa shape index (κ3) is 4.47. The Kier molecular flexibility index (Phi) is 6.32. The number of rotatable bonds is 6. The Bertz CT molecular complexity index is 1510. The van der Waals surface area contributed by atoms with E-state index in [0.717, 1.165) is 11.3 Å². The summed E-state index contributed by atoms with van der Waals surface area (Å²) in [6, 6.07) is 14.7. The molecule has 0 saturated heterocycles. The maximum Gasteiger partial charge on any atom is 0.331 e. The predicted molar refractivity (Wildman–Crippen MR) is 123 cm³/mol. The summed E-state index contributed by atoms with van der Waals surface area (Å²) in [6.07, 6.45) is 2.86. The number of nitrogens with zero attached hydrogens (tertiary/aromatic N) is 5. The Labute approximate surface area is 194 Å². The molecule has 34 heavy (non-hydrogen) atoms. The number of carbonyl (C=O) groups is 1. The molecule has 2 aromatic heterocycles. The quantitative estimate of drug-likeness (QED) is 0.324. The van der Waals surface area contributed by atoms with E-state index in [9.17, 15) is 14.0 Å². The van der Waals surface area contributed by atoms with Gasteiger partial charge in [-0.2, -0.15) is 10.4 Å². The number of hydrogen-bond donors (Lipinski definition) is 0. The molecule has 170 valence electrons. The molecule has 4 aromatic rings. The Morgan fingerprint density at radius 1 is 1.18 bits per heavy atom. The molecule has 0 spiro atoms. The van der Waals surface area contributed by atoms with E-state index in [2.05, 4.69) is 10.1 Å². The first-order chi connectivity index (χ1) is 16.4. The van der Waals surface area contributed by atoms with Crippen LogP contribution >= 0.6 is 0 Å². The van der Waals surface area contributed by atoms with Gasteiger partial charge in [-0.25, -0.2) is 18.9 Å². The molecule has 0 saturated carbocycles. The van der Waals surface area contributed by atoms with Crippen molar-refractivity contribution in [2.24, 2.45) is 0 Å². The summed E-state index contributed by atoms with van der Waals surface area (Å²) in [6.45, 7) is 3.17. The molecular formula is C25H20FN5O3. The van der Waals surface area contributed by atoms with Crippen molar-refractivity contribution in [3.8, 4) is 11.8 Å². The number of carbonyl (C=O) groups excluding carboxylic acids is 1. The molecule has 0 atom stereocenters. The van der Waals surface area contributed by atoms with Crippen LogP contribution in [0.5, 0.6) is 0 Å². The van der Waals surface area contributed by atoms with Crippen LogP contribution in [0.2, 0.25) is 0 Å². The molecule has 0 aliphatic rings. The molecule has 0 amide bonds. The highest BCUT2D eigenvalue weighted by Crippen LogP contribution is 2.19. The van der Waals surface area contributed by atoms with E-state index < -0.39 is 5.97 Å². The second kappa shape index (κ2) is 9.50. The number of halogens is 1. The number of aromatic nitrogens is 4. The van der Waals surface area contributed by atoms with Crippen LogP contribution in [0.1, 0.15) is 22.8 Å². The van der Waals surface area contributed by atoms with Gasteiger partial charge in [-0.1, -0.05) is 12.1 Å². The monoisotopic (exact) mass is 457 g/mol. The number of aryl methyl sites for hydroxylation is 1. The predicted octanol–water partition coefficient (Wildman–Crippen LogP) is 3.62. The zero-order valence-electron chi connectivity index (χ0n) is 18.5. The van der Waals surface area contributed by atoms with Crippen molar-refractivity contribution in [1.82, 2.24) is 19.3 Å². The van der Waals surface area contributed by atoms with Crippen LogP contribution in [0.15, 0.2) is 59.4 Å². The summed E-state index contributed by atoms with van der Waals surface area (Å²) in [4.78, 5) is 29.5. The fourth-order valence-electron chi connectivity index (χ4n) is 3.62. The lowest BCUT2D eigenvalue weighted by atomic mass is 10.2. The largest absolute Gasteiger partial charge is 0.454 e. The number of esters is 1. The highest BCUT2D eigenvalue weighted by atomic mass is 19.1. The summed E-state index contributed by atoms with van der Waals surface area (Å²) in [5.74, 6) is -0.794. The van der Waals surface area contributed by atoms with Crippen molar-refractivity contribution in [3.63, 3.8) is 0 Å². The van der Waals surface area contributed by atoms with Gasteiger partial charge in [0.1, 0.15) is 19.0 Å². The second-order valence-electron chi connectivity index (χ2n) is 7.51. The molecule has 9 heteroatoms. The van der Waals surface area contributed by atoms with E-state index in [4.69, 9.17) is 10.00 Å². The molecular weight excluding hydrogens is 437 g/mol. The van der Waals surface area contributed by atoms with Crippen molar-refractivity contribution in [2.45, 2.75) is 27.0 Å². The summed E-state index contributed by atoms with van der Waals surface area (Å²) in [7, 11) is 0. The third-order valence-electron chi connectivity index (χ3n) is 5.32. The van der Waals surface area contributed by atoms with Gasteiger partial charge in [0.05, 0.1) is 28.4 Å². The fraction of sp³-hybridized carbons (Fsp3) is 0.160. The SMILES string of the molecule is Cc1nn(-c2ccc(F)cc2)c(C)c1C=CC(=O)OCc1nc2ccccc2c(=O)n1CC#N. The number of fused-ring (bicyclic) bond motifs is 1. The molecule has 2 aromatic carbocycles. The first kappa shape index (κ1) is 22.6. The van der Waals surface area contributed by atoms with E-state index in [0.29, 0.717) is 22.3 Å². The standard InChI is InChI=1S/C25H20FN5O3/c1-16-20(17(2)31(29-16)19-9-7-18(26)8-10-19)11-12-24(32)34-15-23-28-22-6-4-3-5-21(22)25(33)30(23)14-13-27/h3-12H,14-15H2,1-2H3. The maximum atomic E-state index is 13.2. The van der Waals surface area contributed by atoms with Crippen LogP contribution in [0.3, 0.4) is 0 Å². The number of benzene rings is 2. The lowest BCUT2D eigenvalue weighted by molar-refractivity contribution is -0.139. The van der Waals surface area contributed by atoms with Gasteiger partial charge >= 0.3 is 5.97 Å². The minimum atomic E-state index is -0.640. The van der Waals surface area contributed by atoms with Crippen LogP contribution in [0.25, 0.3) is 22.7 Å². The molecule has 0 bridgehead atoms. The Morgan fingerprint density at radius 2 is 1.91 bits per heavy atom. The lowest BCUT2D eigenvalue weighted by Crippen LogP contribution is -2.26. The van der Waals surface area contributed by atoms with Crippen LogP contribution in [0.4, 0.5) is 4.39 Å². The van der Waals surface area contributed by atoms with Crippen molar-refractivity contribution >= 4 is 22.9 Å². The molecule has 0 unspecified atom stereocenters. The van der Waals surface area contributed by atoms with E-state index in [1.165, 1.54) is 22.8 Å². The van der Waals surface area contributed by atoms with Crippen LogP contribution in [-0.4, -0.2) is 25.3 Å². The molecule has 2 heterocycles. The molecule has 0 N–H and O–H groups in total. The van der Waals surface area contributed by atoms with Crippen molar-refractivity contribution in [3.05, 3.63) is 93.6 Å². The summed E-state index contributed by atoms with van der Waals surface area (Å²) < 4.78 is 21.4. The zero-order chi connectivity index (χ0) is 24.2. The first-order valence-electron chi connectivity index (χ1n) is 10.4. The normalized spacial score (nSPS) is 11.1. The minimum Gasteiger partial charge on any atom is -0.454 e. The summed E-state index contributed by atoms with van der Waals surface area (Å²) in [5, 5.41) is 13.9. The van der Waals surface area contributed by atoms with E-state index in [1.54, 1.807) is 54.1 Å². The van der Waals surface area contributed by atoms with Gasteiger partial charge in [-0.3, -0.25) is 9.36 Å². The fourth-order valence-corrected chi connectivity index (χ4v) is 3.62. The number of hydrogen-bond acceptors (Lipinski definition) is 6. The van der Waals surface area contributed by atoms with Crippen molar-refractivity contribution in [1.29, 1.82) is 5.26 Å². The van der Waals surface area contributed by atoms with Crippen molar-refractivity contribution < 1.29 is 13.9 Å². The molecule has 0 radical (unpaired) electrons. The van der Waals surface area contributed by atoms with Crippen LogP contribution in [0, 0.1) is 31.0 Å². The van der Waals surface area contributed by atoms with E-state index >= 15 is 0 Å². The topological polar surface area (TPSA) is 103 Å². The van der Waals surface area contributed by atoms with E-state index in [1.807, 2.05) is 13.0 Å². The van der Waals surface area contributed by atoms with Crippen LogP contribution < -0.4 is 5.56 Å². The Hall–Kier alpha value is -4.58. The average molecular weight is 457 g/mol. The summed E-state index contributed by atoms with van der Waals surface area (Å²) in [5.41, 5.74) is 2.97. The smallest absolute Gasteiger partial charge is 0.331 e. The van der Waals surface area contributed by atoms with Gasteiger partial charge < -0.3 is 4.74 Å². The zero-order valence-corrected chi connectivity index (χ0v) is 18.5. The Balaban J connectivity index is 1.53. The molecule has 4 rings (SSSR count). The van der Waals surface area contributed by atoms with Gasteiger partial charge in [0.15, 0.2) is 5.82 Å². The third-order valence-corrected chi connectivity index (χ3v) is 5.32. The maximum absolute atomic E-state index is 13.2. The highest BCUT2D eigenvalue weighted by molar-refractivity contribution is 5.87. The van der Waals surface area contributed by atoms with Crippen LogP contribution in [-0.2, 0) is 22.7 Å². The van der Waals surface area contributed by atoms with E-state index in [-0.39, 0.29) is 30.4 Å². The van der Waals surface area contributed by atoms with Gasteiger partial charge in [-0.05, 0) is 56.3 Å². The van der Waals surface area contributed by atoms with Gasteiger partial charge in [0, 0.05) is 17.3 Å². The second-order valence-corrected chi connectivity index (χ2v) is 7.51. The lowest BCUT2D eigenvalue weighted by Gasteiger charge is -2.10. The molecule has 0 fully saturated rings. The van der Waals surface area contributed by atoms with Gasteiger partial charge in [-0.15, -0.1) is 0 Å². The minimum absolute atomic E-state index is 0.184. The average Bonchev–Trinajstić information content (AvgIpc) is 3.12. The molecule has 8 nitrogen and oxygen atoms in total. The molecule has 0 aliphatic carbocycles. The van der Waals surface area contributed by atoms with Gasteiger partial charge in [0.2, 0.25) is 0 Å². The first-order valence-corrected chi connectivity index (χ1v) is 10.4. The number of ether oxygens (including phenoxy) is 1. The highest BCUT2D eigenvalue weighted by Gasteiger charge is 2.14.